The van der Waals surface area contributed by atoms with Gasteiger partial charge in [0, 0.05) is 22.3 Å². The van der Waals surface area contributed by atoms with Crippen LogP contribution in [0.5, 0.6) is 11.5 Å². The van der Waals surface area contributed by atoms with Crippen molar-refractivity contribution in [1.82, 2.24) is 0 Å². The highest BCUT2D eigenvalue weighted by Gasteiger charge is 2.31. The molecule has 0 aliphatic rings. The monoisotopic (exact) mass is 710 g/mol. The fraction of sp³-hybridized carbons (Fsp3) is 0.739. The van der Waals surface area contributed by atoms with Gasteiger partial charge in [0.05, 0.1) is 0 Å². The summed E-state index contributed by atoms with van der Waals surface area (Å²) in [6, 6.07) is 9.24. The van der Waals surface area contributed by atoms with Crippen molar-refractivity contribution >= 4 is 8.60 Å². The minimum Gasteiger partial charge on any atom is -0.765 e. The molecule has 0 fully saturated rings. The molecule has 0 bridgehead atoms. The van der Waals surface area contributed by atoms with Crippen LogP contribution in [0, 0.1) is 0 Å². The Balaban J connectivity index is 2.45. The van der Waals surface area contributed by atoms with Gasteiger partial charge in [-0.3, -0.25) is 0 Å². The topological polar surface area (TPSA) is 41.5 Å². The lowest BCUT2D eigenvalue weighted by Gasteiger charge is -2.36. The van der Waals surface area contributed by atoms with Gasteiger partial charge in [-0.05, 0) is 58.5 Å². The fourth-order valence-electron chi connectivity index (χ4n) is 6.83. The molecule has 0 radical (unpaired) electrons. The van der Waals surface area contributed by atoms with E-state index >= 15 is 0 Å². The largest absolute Gasteiger partial charge is 0.765 e. The third kappa shape index (κ3) is 14.8. The lowest BCUT2D eigenvalue weighted by molar-refractivity contribution is -0.189. The van der Waals surface area contributed by atoms with Gasteiger partial charge in [-0.25, -0.2) is 0 Å². The molecule has 4 heteroatoms. The first-order chi connectivity index (χ1) is 23.2. The van der Waals surface area contributed by atoms with Crippen molar-refractivity contribution in [2.45, 2.75) is 221 Å². The Kier molecular flexibility index (Phi) is 17.9. The van der Waals surface area contributed by atoms with E-state index in [1.54, 1.807) is 0 Å². The molecule has 2 aromatic carbocycles. The molecule has 0 heterocycles. The lowest BCUT2D eigenvalue weighted by Crippen LogP contribution is -2.23. The Morgan fingerprint density at radius 3 is 0.900 bits per heavy atom. The summed E-state index contributed by atoms with van der Waals surface area (Å²) in [7, 11) is -2.50. The van der Waals surface area contributed by atoms with Crippen LogP contribution in [0.25, 0.3) is 0 Å². The van der Waals surface area contributed by atoms with E-state index in [-0.39, 0.29) is 21.7 Å². The Labute approximate surface area is 312 Å². The smallest absolute Gasteiger partial charge is 0.210 e. The molecule has 2 rings (SSSR count). The van der Waals surface area contributed by atoms with Gasteiger partial charge in [0.15, 0.2) is 0 Å². The standard InChI is InChI=1S/C46H78O3P/c1-15-17-19-21-23-25-27-29-35-31-37(43(3,4)5)41(38(32-35)44(6,7)8)48-50(47)49-42-39(45(9,10)11)33-36(34-40(42)46(12,13)14)30-28-26-24-22-20-18-16-2/h31-34H,15-30H2,1-14H3/q-1. The predicted octanol–water partition coefficient (Wildman–Crippen LogP) is 14.5. The zero-order valence-corrected chi connectivity index (χ0v) is 36.2. The van der Waals surface area contributed by atoms with Gasteiger partial charge in [0.2, 0.25) is 8.60 Å². The van der Waals surface area contributed by atoms with E-state index in [9.17, 15) is 4.89 Å². The molecule has 0 amide bonds. The molecule has 3 nitrogen and oxygen atoms in total. The molecule has 2 aromatic rings. The van der Waals surface area contributed by atoms with Crippen molar-refractivity contribution in [3.63, 3.8) is 0 Å². The second-order valence-electron chi connectivity index (χ2n) is 19.2. The fourth-order valence-corrected chi connectivity index (χ4v) is 7.56. The second-order valence-corrected chi connectivity index (χ2v) is 20.0. The number of hydrogen-bond acceptors (Lipinski definition) is 3. The number of hydrogen-bond donors (Lipinski definition) is 0. The van der Waals surface area contributed by atoms with E-state index in [2.05, 4.69) is 121 Å². The normalized spacial score (nSPS) is 13.0. The highest BCUT2D eigenvalue weighted by Crippen LogP contribution is 2.49. The molecule has 0 aliphatic heterocycles. The van der Waals surface area contributed by atoms with Crippen molar-refractivity contribution in [2.75, 3.05) is 0 Å². The highest BCUT2D eigenvalue weighted by atomic mass is 31.2. The summed E-state index contributed by atoms with van der Waals surface area (Å²) in [6.07, 6.45) is 20.3. The maximum absolute atomic E-state index is 14.2. The summed E-state index contributed by atoms with van der Waals surface area (Å²) in [6.45, 7) is 31.3. The Bertz CT molecular complexity index is 1110. The number of rotatable bonds is 20. The molecule has 0 saturated carbocycles. The zero-order valence-electron chi connectivity index (χ0n) is 35.3. The van der Waals surface area contributed by atoms with Gasteiger partial charge in [-0.2, -0.15) is 0 Å². The van der Waals surface area contributed by atoms with Crippen LogP contribution in [-0.2, 0) is 34.5 Å². The second kappa shape index (κ2) is 20.0. The first-order valence-corrected chi connectivity index (χ1v) is 21.5. The summed E-state index contributed by atoms with van der Waals surface area (Å²) in [5.41, 5.74) is 6.35. The molecule has 0 aliphatic carbocycles. The zero-order chi connectivity index (χ0) is 37.8. The summed E-state index contributed by atoms with van der Waals surface area (Å²) < 4.78 is 13.1. The van der Waals surface area contributed by atoms with Crippen LogP contribution in [0.1, 0.15) is 220 Å². The van der Waals surface area contributed by atoms with Crippen molar-refractivity contribution in [1.29, 1.82) is 0 Å². The first kappa shape index (κ1) is 44.6. The van der Waals surface area contributed by atoms with E-state index in [0.29, 0.717) is 0 Å². The van der Waals surface area contributed by atoms with Crippen molar-refractivity contribution in [3.05, 3.63) is 57.6 Å². The van der Waals surface area contributed by atoms with Gasteiger partial charge >= 0.3 is 0 Å². The molecular weight excluding hydrogens is 631 g/mol. The molecular formula is C46H78O3P-. The summed E-state index contributed by atoms with van der Waals surface area (Å²) in [4.78, 5) is 14.2. The van der Waals surface area contributed by atoms with Crippen LogP contribution in [0.3, 0.4) is 0 Å². The van der Waals surface area contributed by atoms with E-state index in [1.807, 2.05) is 0 Å². The van der Waals surface area contributed by atoms with Crippen LogP contribution in [0.2, 0.25) is 0 Å². The summed E-state index contributed by atoms with van der Waals surface area (Å²) in [5.74, 6) is 1.44. The van der Waals surface area contributed by atoms with Gasteiger partial charge in [-0.15, -0.1) is 0 Å². The van der Waals surface area contributed by atoms with Crippen molar-refractivity contribution in [3.8, 4) is 11.5 Å². The van der Waals surface area contributed by atoms with Gasteiger partial charge in [0.25, 0.3) is 0 Å². The maximum Gasteiger partial charge on any atom is 0.210 e. The van der Waals surface area contributed by atoms with E-state index in [1.165, 1.54) is 101 Å². The predicted molar refractivity (Wildman–Crippen MR) is 219 cm³/mol. The third-order valence-electron chi connectivity index (χ3n) is 10.00. The van der Waals surface area contributed by atoms with Crippen molar-refractivity contribution in [2.24, 2.45) is 0 Å². The first-order valence-electron chi connectivity index (χ1n) is 20.4. The Morgan fingerprint density at radius 1 is 0.420 bits per heavy atom. The van der Waals surface area contributed by atoms with Gasteiger partial charge in [-0.1, -0.05) is 198 Å². The van der Waals surface area contributed by atoms with E-state index in [4.69, 9.17) is 9.05 Å². The molecule has 50 heavy (non-hydrogen) atoms. The van der Waals surface area contributed by atoms with Crippen molar-refractivity contribution < 1.29 is 13.9 Å². The molecule has 0 aromatic heterocycles. The SMILES string of the molecule is CCCCCCCCCc1cc(C(C)(C)C)c(OP([O-])Oc2c(C(C)(C)C)cc(CCCCCCCCC)cc2C(C)(C)C)c(C(C)(C)C)c1. The Hall–Kier alpha value is -1.57. The van der Waals surface area contributed by atoms with Gasteiger partial charge in [0.1, 0.15) is 11.5 Å². The van der Waals surface area contributed by atoms with Crippen LogP contribution >= 0.6 is 8.60 Å². The lowest BCUT2D eigenvalue weighted by atomic mass is 9.78. The van der Waals surface area contributed by atoms with Crippen LogP contribution in [-0.4, -0.2) is 0 Å². The molecule has 0 atom stereocenters. The number of aryl methyl sites for hydroxylation is 2. The van der Waals surface area contributed by atoms with Crippen LogP contribution in [0.15, 0.2) is 24.3 Å². The molecule has 0 N–H and O–H groups in total. The number of unbranched alkanes of at least 4 members (excludes halogenated alkanes) is 12. The van der Waals surface area contributed by atoms with E-state index < -0.39 is 8.60 Å². The molecule has 0 saturated heterocycles. The quantitative estimate of drug-likeness (QED) is 0.101. The van der Waals surface area contributed by atoms with Crippen LogP contribution in [0.4, 0.5) is 0 Å². The summed E-state index contributed by atoms with van der Waals surface area (Å²) in [5, 5.41) is 0. The minimum absolute atomic E-state index is 0.188. The summed E-state index contributed by atoms with van der Waals surface area (Å²) >= 11 is 0. The molecule has 0 unspecified atom stereocenters. The van der Waals surface area contributed by atoms with Gasteiger partial charge < -0.3 is 13.9 Å². The average molecular weight is 710 g/mol. The molecule has 286 valence electrons. The highest BCUT2D eigenvalue weighted by molar-refractivity contribution is 7.40. The minimum atomic E-state index is -2.50. The maximum atomic E-state index is 14.2. The molecule has 0 spiro atoms. The third-order valence-corrected chi connectivity index (χ3v) is 10.7. The van der Waals surface area contributed by atoms with E-state index in [0.717, 1.165) is 46.6 Å². The Morgan fingerprint density at radius 2 is 0.660 bits per heavy atom. The average Bonchev–Trinajstić information content (AvgIpc) is 2.98. The number of benzene rings is 2. The van der Waals surface area contributed by atoms with Crippen LogP contribution < -0.4 is 13.9 Å².